The maximum Gasteiger partial charge on any atom is 0.327 e. The summed E-state index contributed by atoms with van der Waals surface area (Å²) in [6.07, 6.45) is 6.01. The minimum absolute atomic E-state index is 0.119. The molecule has 164 valence electrons. The van der Waals surface area contributed by atoms with Gasteiger partial charge in [0.25, 0.3) is 5.91 Å². The molecule has 5 nitrogen and oxygen atoms in total. The third-order valence-corrected chi connectivity index (χ3v) is 5.04. The molecule has 1 N–H and O–H groups in total. The van der Waals surface area contributed by atoms with Crippen LogP contribution in [0.15, 0.2) is 12.2 Å². The molecule has 0 radical (unpaired) electrons. The summed E-state index contributed by atoms with van der Waals surface area (Å²) in [6.45, 7) is 4.02. The van der Waals surface area contributed by atoms with E-state index in [0.717, 1.165) is 19.3 Å². The Bertz CT molecular complexity index is 624. The lowest BCUT2D eigenvalue weighted by molar-refractivity contribution is -0.148. The Balaban J connectivity index is 2.56. The number of halogens is 2. The number of nitrogens with zero attached hydrogens (tertiary/aromatic N) is 1. The highest BCUT2D eigenvalue weighted by molar-refractivity contribution is 5.86. The van der Waals surface area contributed by atoms with Crippen LogP contribution >= 0.6 is 0 Å². The predicted molar refractivity (Wildman–Crippen MR) is 107 cm³/mol. The number of aliphatic hydroxyl groups excluding tert-OH is 1. The highest BCUT2D eigenvalue weighted by Gasteiger charge is 2.52. The van der Waals surface area contributed by atoms with Crippen molar-refractivity contribution in [3.8, 4) is 11.8 Å². The summed E-state index contributed by atoms with van der Waals surface area (Å²) >= 11 is 0. The molecular formula is C22H33F2NO4. The van der Waals surface area contributed by atoms with Gasteiger partial charge in [-0.2, -0.15) is 8.78 Å². The molecule has 0 saturated carbocycles. The number of hydrogen-bond acceptors (Lipinski definition) is 4. The van der Waals surface area contributed by atoms with Crippen LogP contribution in [0, 0.1) is 17.8 Å². The number of carbonyl (C=O) groups is 2. The molecule has 3 atom stereocenters. The Morgan fingerprint density at radius 3 is 2.69 bits per heavy atom. The Hall–Kier alpha value is -1.94. The highest BCUT2D eigenvalue weighted by Crippen LogP contribution is 2.34. The molecule has 0 aromatic heterocycles. The average molecular weight is 414 g/mol. The van der Waals surface area contributed by atoms with Crippen molar-refractivity contribution in [2.24, 2.45) is 5.92 Å². The SMILES string of the molecule is CCC#CC[C@H](C)C(O)/C=C/[C@H]1CC(F)(F)C(=O)N1CCCCCCC(=O)OC. The molecule has 0 aromatic carbocycles. The fourth-order valence-corrected chi connectivity index (χ4v) is 3.18. The van der Waals surface area contributed by atoms with Crippen LogP contribution in [-0.2, 0) is 14.3 Å². The first-order valence-corrected chi connectivity index (χ1v) is 10.3. The second kappa shape index (κ2) is 12.6. The molecule has 1 amide bonds. The molecule has 1 aliphatic rings. The van der Waals surface area contributed by atoms with Gasteiger partial charge in [0, 0.05) is 32.2 Å². The number of amides is 1. The first-order chi connectivity index (χ1) is 13.7. The second-order valence-corrected chi connectivity index (χ2v) is 7.48. The van der Waals surface area contributed by atoms with Crippen LogP contribution in [0.5, 0.6) is 0 Å². The second-order valence-electron chi connectivity index (χ2n) is 7.48. The first kappa shape index (κ1) is 25.1. The highest BCUT2D eigenvalue weighted by atomic mass is 19.3. The molecule has 29 heavy (non-hydrogen) atoms. The van der Waals surface area contributed by atoms with Gasteiger partial charge in [-0.3, -0.25) is 9.59 Å². The summed E-state index contributed by atoms with van der Waals surface area (Å²) in [7, 11) is 1.34. The van der Waals surface area contributed by atoms with Gasteiger partial charge >= 0.3 is 11.9 Å². The Labute approximate surface area is 172 Å². The summed E-state index contributed by atoms with van der Waals surface area (Å²) in [5, 5.41) is 10.2. The number of methoxy groups -OCH3 is 1. The Kier molecular flexibility index (Phi) is 10.9. The van der Waals surface area contributed by atoms with Crippen LogP contribution in [0.2, 0.25) is 0 Å². The molecule has 1 aliphatic heterocycles. The monoisotopic (exact) mass is 413 g/mol. The third kappa shape index (κ3) is 8.53. The van der Waals surface area contributed by atoms with Crippen molar-refractivity contribution in [2.45, 2.75) is 83.3 Å². The van der Waals surface area contributed by atoms with E-state index in [4.69, 9.17) is 0 Å². The normalized spacial score (nSPS) is 20.4. The number of rotatable bonds is 11. The van der Waals surface area contributed by atoms with Crippen molar-refractivity contribution in [1.29, 1.82) is 0 Å². The summed E-state index contributed by atoms with van der Waals surface area (Å²) in [6, 6.07) is -0.726. The van der Waals surface area contributed by atoms with Gasteiger partial charge in [0.1, 0.15) is 0 Å². The summed E-state index contributed by atoms with van der Waals surface area (Å²) in [4.78, 5) is 24.3. The van der Waals surface area contributed by atoms with Crippen LogP contribution in [0.25, 0.3) is 0 Å². The topological polar surface area (TPSA) is 66.8 Å². The predicted octanol–water partition coefficient (Wildman–Crippen LogP) is 3.70. The van der Waals surface area contributed by atoms with Gasteiger partial charge in [-0.1, -0.05) is 38.8 Å². The largest absolute Gasteiger partial charge is 0.469 e. The third-order valence-electron chi connectivity index (χ3n) is 5.04. The van der Waals surface area contributed by atoms with Crippen molar-refractivity contribution in [3.63, 3.8) is 0 Å². The molecular weight excluding hydrogens is 380 g/mol. The number of esters is 1. The van der Waals surface area contributed by atoms with Gasteiger partial charge in [-0.05, 0) is 18.8 Å². The van der Waals surface area contributed by atoms with Gasteiger partial charge < -0.3 is 14.7 Å². The molecule has 1 fully saturated rings. The van der Waals surface area contributed by atoms with Gasteiger partial charge in [0.05, 0.1) is 19.3 Å². The minimum atomic E-state index is -3.37. The zero-order valence-corrected chi connectivity index (χ0v) is 17.6. The Morgan fingerprint density at radius 2 is 2.03 bits per heavy atom. The fourth-order valence-electron chi connectivity index (χ4n) is 3.18. The van der Waals surface area contributed by atoms with Crippen LogP contribution in [0.3, 0.4) is 0 Å². The van der Waals surface area contributed by atoms with Crippen molar-refractivity contribution >= 4 is 11.9 Å². The van der Waals surface area contributed by atoms with E-state index in [9.17, 15) is 23.5 Å². The number of alkyl halides is 2. The number of likely N-dealkylation sites (tertiary alicyclic amines) is 1. The van der Waals surface area contributed by atoms with Gasteiger partial charge in [0.15, 0.2) is 0 Å². The maximum atomic E-state index is 13.9. The van der Waals surface area contributed by atoms with E-state index in [1.54, 1.807) is 0 Å². The van der Waals surface area contributed by atoms with E-state index in [2.05, 4.69) is 16.6 Å². The van der Waals surface area contributed by atoms with Gasteiger partial charge in [-0.15, -0.1) is 11.8 Å². The van der Waals surface area contributed by atoms with Crippen molar-refractivity contribution in [2.75, 3.05) is 13.7 Å². The zero-order chi connectivity index (χ0) is 21.9. The van der Waals surface area contributed by atoms with Crippen LogP contribution < -0.4 is 0 Å². The van der Waals surface area contributed by atoms with Gasteiger partial charge in [-0.25, -0.2) is 0 Å². The smallest absolute Gasteiger partial charge is 0.327 e. The average Bonchev–Trinajstić information content (AvgIpc) is 2.91. The lowest BCUT2D eigenvalue weighted by Crippen LogP contribution is -2.36. The van der Waals surface area contributed by atoms with Crippen LogP contribution in [0.4, 0.5) is 8.78 Å². The van der Waals surface area contributed by atoms with E-state index in [1.165, 1.54) is 24.2 Å². The van der Waals surface area contributed by atoms with Crippen LogP contribution in [-0.4, -0.2) is 53.6 Å². The molecule has 1 rings (SSSR count). The summed E-state index contributed by atoms with van der Waals surface area (Å²) in [5.74, 6) is 0.998. The molecule has 1 saturated heterocycles. The zero-order valence-electron chi connectivity index (χ0n) is 17.6. The van der Waals surface area contributed by atoms with E-state index in [-0.39, 0.29) is 18.4 Å². The molecule has 1 unspecified atom stereocenters. The molecule has 7 heteroatoms. The molecule has 0 aromatic rings. The summed E-state index contributed by atoms with van der Waals surface area (Å²) in [5.41, 5.74) is 0. The quantitative estimate of drug-likeness (QED) is 0.243. The maximum absolute atomic E-state index is 13.9. The van der Waals surface area contributed by atoms with Crippen molar-refractivity contribution < 1.29 is 28.2 Å². The molecule has 0 aliphatic carbocycles. The fraction of sp³-hybridized carbons (Fsp3) is 0.727. The lowest BCUT2D eigenvalue weighted by Gasteiger charge is -2.22. The Morgan fingerprint density at radius 1 is 1.34 bits per heavy atom. The number of hydrogen-bond donors (Lipinski definition) is 1. The molecule has 0 bridgehead atoms. The number of carbonyl (C=O) groups excluding carboxylic acids is 2. The van der Waals surface area contributed by atoms with Crippen molar-refractivity contribution in [1.82, 2.24) is 4.90 Å². The number of ether oxygens (including phenoxy) is 1. The lowest BCUT2D eigenvalue weighted by atomic mass is 9.99. The molecule has 1 heterocycles. The van der Waals surface area contributed by atoms with Crippen molar-refractivity contribution in [3.05, 3.63) is 12.2 Å². The minimum Gasteiger partial charge on any atom is -0.469 e. The number of aliphatic hydroxyl groups is 1. The number of unbranched alkanes of at least 4 members (excludes halogenated alkanes) is 3. The van der Waals surface area contributed by atoms with E-state index >= 15 is 0 Å². The van der Waals surface area contributed by atoms with E-state index in [0.29, 0.717) is 25.7 Å². The van der Waals surface area contributed by atoms with E-state index < -0.39 is 30.4 Å². The van der Waals surface area contributed by atoms with Gasteiger partial charge in [0.2, 0.25) is 0 Å². The standard InChI is InChI=1S/C22H33F2NO4/c1-4-5-8-11-17(2)19(26)14-13-18-16-22(23,24)21(28)25(18)15-10-7-6-9-12-20(27)29-3/h13-14,17-19,26H,4,6-7,9-12,15-16H2,1-3H3/b14-13+/t17-,18-,19?/m0/s1. The summed E-state index contributed by atoms with van der Waals surface area (Å²) < 4.78 is 32.4. The first-order valence-electron chi connectivity index (χ1n) is 10.3. The van der Waals surface area contributed by atoms with Crippen LogP contribution in [0.1, 0.15) is 65.2 Å². The molecule has 0 spiro atoms. The van der Waals surface area contributed by atoms with E-state index in [1.807, 2.05) is 13.8 Å².